The zero-order chi connectivity index (χ0) is 16.3. The Hall–Kier alpha value is -1.85. The molecule has 0 bridgehead atoms. The highest BCUT2D eigenvalue weighted by Gasteiger charge is 2.17. The van der Waals surface area contributed by atoms with Gasteiger partial charge in [-0.3, -0.25) is 9.48 Å². The maximum atomic E-state index is 12.2. The van der Waals surface area contributed by atoms with Crippen molar-refractivity contribution < 1.29 is 9.90 Å². The highest BCUT2D eigenvalue weighted by molar-refractivity contribution is 6.31. The number of rotatable bonds is 5. The molecule has 5 nitrogen and oxygen atoms in total. The number of hydrogen-bond donors (Lipinski definition) is 2. The molecular weight excluding hydrogens is 302 g/mol. The number of carbonyl (C=O) groups is 1. The molecule has 1 atom stereocenters. The first kappa shape index (κ1) is 16.5. The van der Waals surface area contributed by atoms with Crippen molar-refractivity contribution >= 4 is 17.5 Å². The number of halogens is 1. The van der Waals surface area contributed by atoms with Crippen LogP contribution in [0, 0.1) is 0 Å². The number of hydrogen-bond acceptors (Lipinski definition) is 3. The van der Waals surface area contributed by atoms with Crippen molar-refractivity contribution in [2.45, 2.75) is 25.9 Å². The third kappa shape index (κ3) is 3.67. The second-order valence-corrected chi connectivity index (χ2v) is 5.89. The summed E-state index contributed by atoms with van der Waals surface area (Å²) in [7, 11) is 1.73. The van der Waals surface area contributed by atoms with Crippen molar-refractivity contribution in [1.82, 2.24) is 15.1 Å². The first-order chi connectivity index (χ1) is 10.4. The number of aliphatic hydroxyl groups is 1. The van der Waals surface area contributed by atoms with Gasteiger partial charge in [-0.05, 0) is 18.1 Å². The van der Waals surface area contributed by atoms with E-state index in [9.17, 15) is 9.90 Å². The van der Waals surface area contributed by atoms with Gasteiger partial charge in [0.2, 0.25) is 0 Å². The van der Waals surface area contributed by atoms with Crippen LogP contribution in [0.4, 0.5) is 0 Å². The van der Waals surface area contributed by atoms with Gasteiger partial charge in [-0.25, -0.2) is 0 Å². The van der Waals surface area contributed by atoms with Gasteiger partial charge in [0, 0.05) is 24.2 Å². The van der Waals surface area contributed by atoms with Crippen molar-refractivity contribution in [1.29, 1.82) is 0 Å². The van der Waals surface area contributed by atoms with Crippen LogP contribution in [-0.2, 0) is 7.05 Å². The van der Waals surface area contributed by atoms with E-state index in [0.717, 1.165) is 5.69 Å². The number of nitrogens with one attached hydrogen (secondary N) is 1. The Morgan fingerprint density at radius 1 is 1.41 bits per heavy atom. The standard InChI is InChI=1S/C16H20ClN3O2/c1-10(2)13-8-14(20(3)19-13)16(22)18-9-15(21)11-6-4-5-7-12(11)17/h4-8,10,15,21H,9H2,1-3H3,(H,18,22). The van der Waals surface area contributed by atoms with Gasteiger partial charge in [0.05, 0.1) is 11.8 Å². The van der Waals surface area contributed by atoms with E-state index in [1.807, 2.05) is 13.8 Å². The Bertz CT molecular complexity index is 667. The highest BCUT2D eigenvalue weighted by atomic mass is 35.5. The van der Waals surface area contributed by atoms with Crippen LogP contribution in [0.2, 0.25) is 5.02 Å². The van der Waals surface area contributed by atoms with E-state index >= 15 is 0 Å². The maximum Gasteiger partial charge on any atom is 0.269 e. The van der Waals surface area contributed by atoms with Gasteiger partial charge in [0.1, 0.15) is 5.69 Å². The van der Waals surface area contributed by atoms with E-state index < -0.39 is 6.10 Å². The molecule has 22 heavy (non-hydrogen) atoms. The van der Waals surface area contributed by atoms with Gasteiger partial charge in [0.15, 0.2) is 0 Å². The molecule has 1 aromatic carbocycles. The molecule has 0 aliphatic rings. The van der Waals surface area contributed by atoms with Crippen molar-refractivity contribution in [2.24, 2.45) is 7.05 Å². The van der Waals surface area contributed by atoms with E-state index in [2.05, 4.69) is 10.4 Å². The van der Waals surface area contributed by atoms with E-state index in [4.69, 9.17) is 11.6 Å². The largest absolute Gasteiger partial charge is 0.387 e. The van der Waals surface area contributed by atoms with Crippen LogP contribution in [0.5, 0.6) is 0 Å². The molecule has 0 aliphatic heterocycles. The Morgan fingerprint density at radius 2 is 2.09 bits per heavy atom. The fraction of sp³-hybridized carbons (Fsp3) is 0.375. The molecule has 2 aromatic rings. The summed E-state index contributed by atoms with van der Waals surface area (Å²) in [5.74, 6) is -0.0190. The lowest BCUT2D eigenvalue weighted by Crippen LogP contribution is -2.30. The van der Waals surface area contributed by atoms with Crippen LogP contribution in [0.3, 0.4) is 0 Å². The van der Waals surface area contributed by atoms with Gasteiger partial charge < -0.3 is 10.4 Å². The summed E-state index contributed by atoms with van der Waals surface area (Å²) in [4.78, 5) is 12.2. The van der Waals surface area contributed by atoms with Crippen molar-refractivity contribution in [3.8, 4) is 0 Å². The number of aryl methyl sites for hydroxylation is 1. The van der Waals surface area contributed by atoms with Gasteiger partial charge >= 0.3 is 0 Å². The Kier molecular flexibility index (Phi) is 5.21. The second kappa shape index (κ2) is 6.94. The molecular formula is C16H20ClN3O2. The summed E-state index contributed by atoms with van der Waals surface area (Å²) >= 11 is 6.03. The highest BCUT2D eigenvalue weighted by Crippen LogP contribution is 2.22. The monoisotopic (exact) mass is 321 g/mol. The summed E-state index contributed by atoms with van der Waals surface area (Å²) in [6.07, 6.45) is -0.851. The Morgan fingerprint density at radius 3 is 2.68 bits per heavy atom. The zero-order valence-corrected chi connectivity index (χ0v) is 13.6. The Labute approximate surface area is 134 Å². The van der Waals surface area contributed by atoms with Gasteiger partial charge in [-0.2, -0.15) is 5.10 Å². The molecule has 1 unspecified atom stereocenters. The number of benzene rings is 1. The molecule has 0 spiro atoms. The predicted molar refractivity (Wildman–Crippen MR) is 86.0 cm³/mol. The summed E-state index contributed by atoms with van der Waals surface area (Å²) in [6, 6.07) is 8.79. The molecule has 1 aromatic heterocycles. The van der Waals surface area contributed by atoms with Crippen LogP contribution in [0.15, 0.2) is 30.3 Å². The van der Waals surface area contributed by atoms with Gasteiger partial charge in [-0.1, -0.05) is 43.6 Å². The summed E-state index contributed by atoms with van der Waals surface area (Å²) in [5, 5.41) is 17.6. The SMILES string of the molecule is CC(C)c1cc(C(=O)NCC(O)c2ccccc2Cl)n(C)n1. The first-order valence-electron chi connectivity index (χ1n) is 7.14. The van der Waals surface area contributed by atoms with Crippen LogP contribution in [0.25, 0.3) is 0 Å². The van der Waals surface area contributed by atoms with E-state index in [0.29, 0.717) is 16.3 Å². The van der Waals surface area contributed by atoms with E-state index in [1.54, 1.807) is 42.1 Å². The first-order valence-corrected chi connectivity index (χ1v) is 7.52. The van der Waals surface area contributed by atoms with E-state index in [-0.39, 0.29) is 18.4 Å². The summed E-state index contributed by atoms with van der Waals surface area (Å²) in [6.45, 7) is 4.13. The number of aliphatic hydroxyl groups excluding tert-OH is 1. The minimum absolute atomic E-state index is 0.0881. The quantitative estimate of drug-likeness (QED) is 0.889. The third-order valence-corrected chi connectivity index (χ3v) is 3.79. The van der Waals surface area contributed by atoms with E-state index in [1.165, 1.54) is 0 Å². The molecule has 0 saturated carbocycles. The second-order valence-electron chi connectivity index (χ2n) is 5.48. The van der Waals surface area contributed by atoms with Gasteiger partial charge in [-0.15, -0.1) is 0 Å². The minimum atomic E-state index is -0.851. The normalized spacial score (nSPS) is 12.5. The van der Waals surface area contributed by atoms with Gasteiger partial charge in [0.25, 0.3) is 5.91 Å². The third-order valence-electron chi connectivity index (χ3n) is 3.44. The predicted octanol–water partition coefficient (Wildman–Crippen LogP) is 2.66. The molecule has 0 aliphatic carbocycles. The molecule has 2 N–H and O–H groups in total. The summed E-state index contributed by atoms with van der Waals surface area (Å²) in [5.41, 5.74) is 1.92. The number of nitrogens with zero attached hydrogens (tertiary/aromatic N) is 2. The van der Waals surface area contributed by atoms with Crippen LogP contribution in [-0.4, -0.2) is 27.3 Å². The number of aromatic nitrogens is 2. The zero-order valence-electron chi connectivity index (χ0n) is 12.9. The molecule has 1 amide bonds. The topological polar surface area (TPSA) is 67.2 Å². The van der Waals surface area contributed by atoms with Crippen LogP contribution < -0.4 is 5.32 Å². The average molecular weight is 322 g/mol. The Balaban J connectivity index is 2.02. The molecule has 0 saturated heterocycles. The molecule has 118 valence electrons. The minimum Gasteiger partial charge on any atom is -0.387 e. The lowest BCUT2D eigenvalue weighted by atomic mass is 10.1. The maximum absolute atomic E-state index is 12.2. The van der Waals surface area contributed by atoms with Crippen molar-refractivity contribution in [3.05, 3.63) is 52.3 Å². The molecule has 2 rings (SSSR count). The fourth-order valence-electron chi connectivity index (χ4n) is 2.12. The summed E-state index contributed by atoms with van der Waals surface area (Å²) < 4.78 is 1.55. The molecule has 0 fully saturated rings. The molecule has 6 heteroatoms. The lowest BCUT2D eigenvalue weighted by molar-refractivity contribution is 0.0907. The van der Waals surface area contributed by atoms with Crippen molar-refractivity contribution in [3.63, 3.8) is 0 Å². The van der Waals surface area contributed by atoms with Crippen LogP contribution in [0.1, 0.15) is 47.6 Å². The van der Waals surface area contributed by atoms with Crippen LogP contribution >= 0.6 is 11.6 Å². The smallest absolute Gasteiger partial charge is 0.269 e. The van der Waals surface area contributed by atoms with Crippen molar-refractivity contribution in [2.75, 3.05) is 6.54 Å². The number of amides is 1. The molecule has 1 heterocycles. The average Bonchev–Trinajstić information content (AvgIpc) is 2.87. The fourth-order valence-corrected chi connectivity index (χ4v) is 2.38. The lowest BCUT2D eigenvalue weighted by Gasteiger charge is -2.13. The number of carbonyl (C=O) groups excluding carboxylic acids is 1. The molecule has 0 radical (unpaired) electrons.